The molecule has 0 radical (unpaired) electrons. The van der Waals surface area contributed by atoms with Gasteiger partial charge in [-0.15, -0.1) is 0 Å². The van der Waals surface area contributed by atoms with Crippen molar-refractivity contribution < 1.29 is 18.7 Å². The lowest BCUT2D eigenvalue weighted by molar-refractivity contribution is -0.180. The third-order valence-corrected chi connectivity index (χ3v) is 5.74. The van der Waals surface area contributed by atoms with Crippen LogP contribution in [-0.2, 0) is 20.7 Å². The number of amides is 1. The Morgan fingerprint density at radius 1 is 1.31 bits per heavy atom. The summed E-state index contributed by atoms with van der Waals surface area (Å²) in [4.78, 5) is 14.4. The van der Waals surface area contributed by atoms with Crippen LogP contribution in [0.4, 0.5) is 10.1 Å². The second-order valence-electron chi connectivity index (χ2n) is 7.73. The molecule has 142 valence electrons. The summed E-state index contributed by atoms with van der Waals surface area (Å²) in [6.07, 6.45) is 5.17. The number of ether oxygens (including phenoxy) is 2. The van der Waals surface area contributed by atoms with E-state index in [-0.39, 0.29) is 24.3 Å². The minimum absolute atomic E-state index is 0.0352. The van der Waals surface area contributed by atoms with Gasteiger partial charge in [-0.2, -0.15) is 0 Å². The van der Waals surface area contributed by atoms with Crippen LogP contribution < -0.4 is 10.2 Å². The first-order valence-corrected chi connectivity index (χ1v) is 9.66. The number of carbonyl (C=O) groups excluding carboxylic acids is 1. The van der Waals surface area contributed by atoms with Crippen molar-refractivity contribution in [2.24, 2.45) is 0 Å². The van der Waals surface area contributed by atoms with Crippen LogP contribution in [0.15, 0.2) is 12.1 Å². The monoisotopic (exact) mass is 362 g/mol. The van der Waals surface area contributed by atoms with Gasteiger partial charge in [-0.3, -0.25) is 4.79 Å². The van der Waals surface area contributed by atoms with E-state index in [1.54, 1.807) is 6.07 Å². The third kappa shape index (κ3) is 3.58. The molecule has 1 amide bonds. The number of benzene rings is 1. The van der Waals surface area contributed by atoms with Crippen molar-refractivity contribution in [1.29, 1.82) is 0 Å². The van der Waals surface area contributed by atoms with Gasteiger partial charge in [-0.25, -0.2) is 4.39 Å². The Morgan fingerprint density at radius 3 is 2.77 bits per heavy atom. The summed E-state index contributed by atoms with van der Waals surface area (Å²) in [6.45, 7) is 4.16. The summed E-state index contributed by atoms with van der Waals surface area (Å²) < 4.78 is 25.9. The van der Waals surface area contributed by atoms with Crippen LogP contribution in [0, 0.1) is 12.7 Å². The van der Waals surface area contributed by atoms with Crippen molar-refractivity contribution in [3.8, 4) is 0 Å². The highest BCUT2D eigenvalue weighted by Crippen LogP contribution is 2.36. The molecule has 2 heterocycles. The molecule has 2 aliphatic heterocycles. The average molecular weight is 362 g/mol. The molecule has 1 N–H and O–H groups in total. The average Bonchev–Trinajstić information content (AvgIpc) is 3.05. The van der Waals surface area contributed by atoms with E-state index in [4.69, 9.17) is 9.47 Å². The minimum atomic E-state index is -0.409. The summed E-state index contributed by atoms with van der Waals surface area (Å²) in [5, 5.41) is 3.12. The number of aryl methyl sites for hydroxylation is 2. The molecule has 1 spiro atoms. The predicted molar refractivity (Wildman–Crippen MR) is 96.7 cm³/mol. The van der Waals surface area contributed by atoms with E-state index in [0.29, 0.717) is 18.9 Å². The van der Waals surface area contributed by atoms with E-state index in [9.17, 15) is 9.18 Å². The number of nitrogens with zero attached hydrogens (tertiary/aromatic N) is 1. The van der Waals surface area contributed by atoms with Crippen molar-refractivity contribution in [3.05, 3.63) is 29.1 Å². The number of rotatable bonds is 3. The van der Waals surface area contributed by atoms with Gasteiger partial charge in [0, 0.05) is 25.4 Å². The first-order valence-electron chi connectivity index (χ1n) is 9.66. The van der Waals surface area contributed by atoms with E-state index in [1.165, 1.54) is 0 Å². The topological polar surface area (TPSA) is 50.8 Å². The lowest BCUT2D eigenvalue weighted by Crippen LogP contribution is -2.47. The quantitative estimate of drug-likeness (QED) is 0.898. The number of nitrogens with one attached hydrogen (secondary N) is 1. The third-order valence-electron chi connectivity index (χ3n) is 5.74. The van der Waals surface area contributed by atoms with Gasteiger partial charge in [0.05, 0.1) is 25.4 Å². The largest absolute Gasteiger partial charge is 0.360 e. The zero-order valence-electron chi connectivity index (χ0n) is 15.4. The van der Waals surface area contributed by atoms with Gasteiger partial charge in [0.2, 0.25) is 5.91 Å². The second-order valence-corrected chi connectivity index (χ2v) is 7.73. The Balaban J connectivity index is 1.35. The maximum absolute atomic E-state index is 14.5. The molecule has 1 saturated heterocycles. The van der Waals surface area contributed by atoms with Crippen LogP contribution in [0.2, 0.25) is 0 Å². The number of hydrogen-bond acceptors (Lipinski definition) is 4. The lowest BCUT2D eigenvalue weighted by Gasteiger charge is -2.36. The molecule has 6 heteroatoms. The molecule has 3 aliphatic rings. The minimum Gasteiger partial charge on any atom is -0.360 e. The highest BCUT2D eigenvalue weighted by atomic mass is 19.1. The van der Waals surface area contributed by atoms with E-state index in [2.05, 4.69) is 5.32 Å². The Labute approximate surface area is 153 Å². The van der Waals surface area contributed by atoms with Crippen molar-refractivity contribution >= 4 is 11.6 Å². The zero-order valence-corrected chi connectivity index (χ0v) is 15.4. The molecular weight excluding hydrogens is 335 g/mol. The Bertz CT molecular complexity index is 678. The van der Waals surface area contributed by atoms with Crippen LogP contribution in [-0.4, -0.2) is 44.0 Å². The molecule has 2 fully saturated rings. The number of carbonyl (C=O) groups is 1. The summed E-state index contributed by atoms with van der Waals surface area (Å²) in [7, 11) is 0. The van der Waals surface area contributed by atoms with Crippen molar-refractivity contribution in [1.82, 2.24) is 5.32 Å². The van der Waals surface area contributed by atoms with E-state index >= 15 is 0 Å². The summed E-state index contributed by atoms with van der Waals surface area (Å²) in [5.74, 6) is -0.664. The standard InChI is InChI=1S/C20H27FN2O3/c1-14-11-15-3-2-8-23(19(15)17(21)12-14)13-18(24)22-16-4-6-20(7-5-16)25-9-10-26-20/h11-12,16H,2-10,13H2,1H3,(H,22,24). The van der Waals surface area contributed by atoms with Gasteiger partial charge in [0.1, 0.15) is 5.82 Å². The fourth-order valence-electron chi connectivity index (χ4n) is 4.52. The van der Waals surface area contributed by atoms with Gasteiger partial charge >= 0.3 is 0 Å². The maximum atomic E-state index is 14.5. The summed E-state index contributed by atoms with van der Waals surface area (Å²) in [5.41, 5.74) is 2.55. The number of halogens is 1. The molecule has 0 atom stereocenters. The van der Waals surface area contributed by atoms with Crippen LogP contribution >= 0.6 is 0 Å². The van der Waals surface area contributed by atoms with E-state index in [0.717, 1.165) is 56.2 Å². The molecular formula is C20H27FN2O3. The highest BCUT2D eigenvalue weighted by Gasteiger charge is 2.40. The van der Waals surface area contributed by atoms with Crippen LogP contribution in [0.1, 0.15) is 43.2 Å². The predicted octanol–water partition coefficient (Wildman–Crippen LogP) is 2.69. The van der Waals surface area contributed by atoms with Crippen molar-refractivity contribution in [3.63, 3.8) is 0 Å². The van der Waals surface area contributed by atoms with Gasteiger partial charge < -0.3 is 19.7 Å². The Kier molecular flexibility index (Phi) is 4.88. The molecule has 1 aliphatic carbocycles. The van der Waals surface area contributed by atoms with E-state index in [1.807, 2.05) is 17.9 Å². The molecule has 1 aromatic rings. The highest BCUT2D eigenvalue weighted by molar-refractivity contribution is 5.82. The normalized spacial score (nSPS) is 22.5. The lowest BCUT2D eigenvalue weighted by atomic mass is 9.90. The Morgan fingerprint density at radius 2 is 2.04 bits per heavy atom. The van der Waals surface area contributed by atoms with Gasteiger partial charge in [0.25, 0.3) is 0 Å². The zero-order chi connectivity index (χ0) is 18.1. The molecule has 1 saturated carbocycles. The maximum Gasteiger partial charge on any atom is 0.239 e. The first kappa shape index (κ1) is 17.7. The van der Waals surface area contributed by atoms with Crippen LogP contribution in [0.3, 0.4) is 0 Å². The SMILES string of the molecule is Cc1cc(F)c2c(c1)CCCN2CC(=O)NC1CCC2(CC1)OCCO2. The molecule has 4 rings (SSSR count). The number of anilines is 1. The number of hydrogen-bond donors (Lipinski definition) is 1. The smallest absolute Gasteiger partial charge is 0.239 e. The fourth-order valence-corrected chi connectivity index (χ4v) is 4.52. The second kappa shape index (κ2) is 7.16. The molecule has 1 aromatic carbocycles. The molecule has 0 bridgehead atoms. The molecule has 26 heavy (non-hydrogen) atoms. The molecule has 5 nitrogen and oxygen atoms in total. The van der Waals surface area contributed by atoms with E-state index < -0.39 is 5.79 Å². The van der Waals surface area contributed by atoms with Crippen molar-refractivity contribution in [2.45, 2.75) is 57.3 Å². The van der Waals surface area contributed by atoms with Crippen LogP contribution in [0.25, 0.3) is 0 Å². The fraction of sp³-hybridized carbons (Fsp3) is 0.650. The van der Waals surface area contributed by atoms with Gasteiger partial charge in [-0.1, -0.05) is 6.07 Å². The Hall–Kier alpha value is -1.66. The van der Waals surface area contributed by atoms with Crippen molar-refractivity contribution in [2.75, 3.05) is 31.2 Å². The first-order chi connectivity index (χ1) is 12.5. The number of fused-ring (bicyclic) bond motifs is 1. The molecule has 0 unspecified atom stereocenters. The summed E-state index contributed by atoms with van der Waals surface area (Å²) in [6, 6.07) is 3.73. The van der Waals surface area contributed by atoms with Gasteiger partial charge in [-0.05, 0) is 49.8 Å². The van der Waals surface area contributed by atoms with Crippen LogP contribution in [0.5, 0.6) is 0 Å². The van der Waals surface area contributed by atoms with Gasteiger partial charge in [0.15, 0.2) is 5.79 Å². The molecule has 0 aromatic heterocycles. The summed E-state index contributed by atoms with van der Waals surface area (Å²) >= 11 is 0.